The Morgan fingerprint density at radius 1 is 0.972 bits per heavy atom. The number of thioether (sulfide) groups is 1. The Labute approximate surface area is 216 Å². The van der Waals surface area contributed by atoms with E-state index in [4.69, 9.17) is 26.4 Å². The number of amidine groups is 1. The number of hydrogen-bond donors (Lipinski definition) is 1. The van der Waals surface area contributed by atoms with Gasteiger partial charge in [-0.25, -0.2) is 5.01 Å². The van der Waals surface area contributed by atoms with Crippen LogP contribution in [0.5, 0.6) is 5.75 Å². The number of benzene rings is 4. The van der Waals surface area contributed by atoms with Gasteiger partial charge < -0.3 is 4.74 Å². The van der Waals surface area contributed by atoms with Gasteiger partial charge in [-0.05, 0) is 35.2 Å². The normalized spacial score (nSPS) is 16.6. The van der Waals surface area contributed by atoms with Crippen molar-refractivity contribution in [3.05, 3.63) is 112 Å². The lowest BCUT2D eigenvalue weighted by atomic mass is 10.00. The minimum Gasteiger partial charge on any atom is -0.496 e. The van der Waals surface area contributed by atoms with E-state index in [0.29, 0.717) is 21.6 Å². The van der Waals surface area contributed by atoms with E-state index < -0.39 is 6.17 Å². The number of rotatable bonds is 4. The van der Waals surface area contributed by atoms with Crippen LogP contribution >= 0.6 is 23.4 Å². The van der Waals surface area contributed by atoms with Gasteiger partial charge in [-0.3, -0.25) is 15.1 Å². The lowest BCUT2D eigenvalue weighted by molar-refractivity contribution is -0.116. The molecule has 0 saturated carbocycles. The maximum absolute atomic E-state index is 13.4. The Hall–Kier alpha value is -3.81. The molecule has 0 aliphatic carbocycles. The highest BCUT2D eigenvalue weighted by atomic mass is 35.5. The molecular weight excluding hydrogens is 492 g/mol. The van der Waals surface area contributed by atoms with Crippen molar-refractivity contribution in [2.45, 2.75) is 11.9 Å². The van der Waals surface area contributed by atoms with Crippen LogP contribution in [0.1, 0.15) is 17.3 Å². The molecule has 6 nitrogen and oxygen atoms in total. The maximum Gasteiger partial charge on any atom is 0.276 e. The first kappa shape index (κ1) is 22.6. The molecule has 0 fully saturated rings. The molecule has 0 spiro atoms. The third-order valence-corrected chi connectivity index (χ3v) is 7.41. The topological polar surface area (TPSA) is 66.3 Å². The van der Waals surface area contributed by atoms with Gasteiger partial charge in [0.15, 0.2) is 11.3 Å². The van der Waals surface area contributed by atoms with Crippen molar-refractivity contribution in [2.75, 3.05) is 7.11 Å². The number of amides is 1. The number of hydrogen-bond acceptors (Lipinski definition) is 6. The van der Waals surface area contributed by atoms with Crippen molar-refractivity contribution < 1.29 is 9.53 Å². The predicted molar refractivity (Wildman–Crippen MR) is 144 cm³/mol. The second-order valence-corrected chi connectivity index (χ2v) is 9.79. The van der Waals surface area contributed by atoms with E-state index in [0.717, 1.165) is 38.2 Å². The number of nitrogens with one attached hydrogen (secondary N) is 1. The van der Waals surface area contributed by atoms with Gasteiger partial charge in [-0.15, -0.1) is 5.10 Å². The van der Waals surface area contributed by atoms with Crippen LogP contribution in [0.25, 0.3) is 16.5 Å². The van der Waals surface area contributed by atoms with E-state index >= 15 is 0 Å². The molecule has 2 aliphatic heterocycles. The van der Waals surface area contributed by atoms with E-state index in [1.54, 1.807) is 12.1 Å². The number of carbonyl (C=O) groups excluding carboxylic acids is 1. The second-order valence-electron chi connectivity index (χ2n) is 8.39. The minimum absolute atomic E-state index is 0.200. The van der Waals surface area contributed by atoms with Gasteiger partial charge in [0.2, 0.25) is 0 Å². The quantitative estimate of drug-likeness (QED) is 0.435. The molecule has 1 atom stereocenters. The van der Waals surface area contributed by atoms with Crippen molar-refractivity contribution >= 4 is 50.9 Å². The fraction of sp³-hybridized carbons (Fsp3) is 0.107. The molecule has 178 valence electrons. The molecule has 36 heavy (non-hydrogen) atoms. The van der Waals surface area contributed by atoms with Crippen LogP contribution in [-0.2, 0) is 10.5 Å². The number of ether oxygens (including phenoxy) is 1. The zero-order chi connectivity index (χ0) is 24.6. The molecule has 0 saturated heterocycles. The highest BCUT2D eigenvalue weighted by molar-refractivity contribution is 8.13. The third-order valence-electron chi connectivity index (χ3n) is 6.22. The van der Waals surface area contributed by atoms with E-state index in [-0.39, 0.29) is 5.91 Å². The molecule has 4 aromatic rings. The Kier molecular flexibility index (Phi) is 5.87. The number of halogens is 1. The molecule has 0 aromatic heterocycles. The van der Waals surface area contributed by atoms with Gasteiger partial charge in [-0.2, -0.15) is 0 Å². The summed E-state index contributed by atoms with van der Waals surface area (Å²) >= 11 is 7.48. The fourth-order valence-electron chi connectivity index (χ4n) is 4.53. The second kappa shape index (κ2) is 9.33. The molecule has 6 rings (SSSR count). The van der Waals surface area contributed by atoms with E-state index in [2.05, 4.69) is 5.32 Å². The molecule has 2 aliphatic rings. The summed E-state index contributed by atoms with van der Waals surface area (Å²) in [5.74, 6) is 1.23. The summed E-state index contributed by atoms with van der Waals surface area (Å²) in [5.41, 5.74) is 2.52. The van der Waals surface area contributed by atoms with Crippen LogP contribution in [0.4, 0.5) is 0 Å². The highest BCUT2D eigenvalue weighted by Gasteiger charge is 2.35. The van der Waals surface area contributed by atoms with Gasteiger partial charge in [-0.1, -0.05) is 84.0 Å². The molecule has 0 unspecified atom stereocenters. The van der Waals surface area contributed by atoms with Crippen molar-refractivity contribution in [3.63, 3.8) is 0 Å². The largest absolute Gasteiger partial charge is 0.496 e. The average molecular weight is 513 g/mol. The molecule has 1 amide bonds. The average Bonchev–Trinajstić information content (AvgIpc) is 2.91. The smallest absolute Gasteiger partial charge is 0.276 e. The van der Waals surface area contributed by atoms with Crippen molar-refractivity contribution in [3.8, 4) is 5.75 Å². The lowest BCUT2D eigenvalue weighted by Crippen LogP contribution is -2.50. The first-order valence-electron chi connectivity index (χ1n) is 11.4. The van der Waals surface area contributed by atoms with E-state index in [1.165, 1.54) is 11.8 Å². The standard InChI is InChI=1S/C28H21ClN4O2S/c1-35-24-15-14-21(19-6-2-3-7-20(19)24)26-30-23-9-5-4-8-22(23)25-27(34)31-28(32-33(25)26)36-16-17-10-12-18(29)13-11-17/h2-15,26H,16H2,1H3,(H,31,32,34)/t26-/m1/s1. The molecular formula is C28H21ClN4O2S. The van der Waals surface area contributed by atoms with E-state index in [9.17, 15) is 4.79 Å². The maximum atomic E-state index is 13.4. The first-order valence-corrected chi connectivity index (χ1v) is 12.8. The Morgan fingerprint density at radius 3 is 2.53 bits per heavy atom. The summed E-state index contributed by atoms with van der Waals surface area (Å²) in [6, 6.07) is 27.3. The molecule has 8 heteroatoms. The van der Waals surface area contributed by atoms with Crippen LogP contribution in [0.3, 0.4) is 0 Å². The minimum atomic E-state index is -0.511. The Morgan fingerprint density at radius 2 is 1.72 bits per heavy atom. The number of nitrogens with zero attached hydrogens (tertiary/aromatic N) is 3. The van der Waals surface area contributed by atoms with E-state index in [1.807, 2.05) is 84.9 Å². The number of para-hydroxylation sites is 1. The third kappa shape index (κ3) is 4.00. The molecule has 0 bridgehead atoms. The Bertz CT molecular complexity index is 1650. The molecule has 4 aromatic carbocycles. The first-order chi connectivity index (χ1) is 17.6. The summed E-state index contributed by atoms with van der Waals surface area (Å²) < 4.78 is 5.60. The molecule has 2 heterocycles. The monoisotopic (exact) mass is 512 g/mol. The van der Waals surface area contributed by atoms with Crippen LogP contribution in [0.2, 0.25) is 5.02 Å². The summed E-state index contributed by atoms with van der Waals surface area (Å²) in [6.07, 6.45) is -0.511. The Balaban J connectivity index is 1.47. The van der Waals surface area contributed by atoms with Crippen LogP contribution in [0.15, 0.2) is 95.0 Å². The van der Waals surface area contributed by atoms with Gasteiger partial charge in [0.05, 0.1) is 12.5 Å². The van der Waals surface area contributed by atoms with Gasteiger partial charge in [0.25, 0.3) is 5.91 Å². The van der Waals surface area contributed by atoms with Crippen molar-refractivity contribution in [1.82, 2.24) is 10.3 Å². The SMILES string of the molecule is COc1ccc([C@@H]2N=c3ccccc3=C3C(=O)NC(SCc4ccc(Cl)cc4)=NN32)c2ccccc12. The predicted octanol–water partition coefficient (Wildman–Crippen LogP) is 4.58. The zero-order valence-electron chi connectivity index (χ0n) is 19.3. The van der Waals surface area contributed by atoms with Crippen LogP contribution in [0, 0.1) is 0 Å². The van der Waals surface area contributed by atoms with Crippen LogP contribution < -0.4 is 20.6 Å². The highest BCUT2D eigenvalue weighted by Crippen LogP contribution is 2.37. The van der Waals surface area contributed by atoms with Gasteiger partial charge in [0.1, 0.15) is 11.4 Å². The number of fused-ring (bicyclic) bond motifs is 3. The fourth-order valence-corrected chi connectivity index (χ4v) is 5.46. The number of carbonyl (C=O) groups is 1. The van der Waals surface area contributed by atoms with Crippen molar-refractivity contribution in [2.24, 2.45) is 10.1 Å². The zero-order valence-corrected chi connectivity index (χ0v) is 20.9. The number of methoxy groups -OCH3 is 1. The summed E-state index contributed by atoms with van der Waals surface area (Å²) in [5, 5.41) is 14.3. The summed E-state index contributed by atoms with van der Waals surface area (Å²) in [7, 11) is 1.66. The summed E-state index contributed by atoms with van der Waals surface area (Å²) in [4.78, 5) is 18.5. The van der Waals surface area contributed by atoms with Gasteiger partial charge in [0, 0.05) is 26.9 Å². The lowest BCUT2D eigenvalue weighted by Gasteiger charge is -2.34. The molecule has 1 N–H and O–H groups in total. The van der Waals surface area contributed by atoms with Crippen molar-refractivity contribution in [1.29, 1.82) is 0 Å². The number of hydrazone groups is 1. The van der Waals surface area contributed by atoms with Gasteiger partial charge >= 0.3 is 0 Å². The van der Waals surface area contributed by atoms with Crippen LogP contribution in [-0.4, -0.2) is 23.2 Å². The summed E-state index contributed by atoms with van der Waals surface area (Å²) in [6.45, 7) is 0. The molecule has 0 radical (unpaired) electrons.